The van der Waals surface area contributed by atoms with E-state index < -0.39 is 0 Å². The molecule has 3 N–H and O–H groups in total. The van der Waals surface area contributed by atoms with Crippen molar-refractivity contribution in [1.82, 2.24) is 16.0 Å². The molecular weight excluding hydrogens is 280 g/mol. The molecule has 0 radical (unpaired) electrons. The zero-order chi connectivity index (χ0) is 16.3. The molecule has 2 fully saturated rings. The fourth-order valence-electron chi connectivity index (χ4n) is 3.69. The van der Waals surface area contributed by atoms with Gasteiger partial charge in [0.15, 0.2) is 5.96 Å². The summed E-state index contributed by atoms with van der Waals surface area (Å²) >= 11 is 0. The van der Waals surface area contributed by atoms with Crippen LogP contribution in [0.3, 0.4) is 0 Å². The third kappa shape index (κ3) is 3.54. The van der Waals surface area contributed by atoms with E-state index in [9.17, 15) is 4.79 Å². The van der Waals surface area contributed by atoms with Crippen LogP contribution < -0.4 is 16.0 Å². The number of ether oxygens (including phenoxy) is 1. The van der Waals surface area contributed by atoms with Crippen LogP contribution in [0.25, 0.3) is 0 Å². The Labute approximate surface area is 133 Å². The minimum Gasteiger partial charge on any atom is -0.377 e. The van der Waals surface area contributed by atoms with Gasteiger partial charge in [0, 0.05) is 37.1 Å². The summed E-state index contributed by atoms with van der Waals surface area (Å²) in [7, 11) is 1.73. The van der Waals surface area contributed by atoms with Crippen molar-refractivity contribution in [1.29, 1.82) is 0 Å². The maximum absolute atomic E-state index is 11.7. The van der Waals surface area contributed by atoms with Crippen molar-refractivity contribution in [2.24, 2.45) is 16.3 Å². The predicted octanol–water partition coefficient (Wildman–Crippen LogP) is 0.880. The van der Waals surface area contributed by atoms with E-state index in [0.717, 1.165) is 13.0 Å². The molecule has 2 aliphatic rings. The van der Waals surface area contributed by atoms with Crippen LogP contribution in [0.5, 0.6) is 0 Å². The minimum absolute atomic E-state index is 0.0234. The second-order valence-corrected chi connectivity index (χ2v) is 7.19. The van der Waals surface area contributed by atoms with Gasteiger partial charge in [0.25, 0.3) is 0 Å². The molecule has 22 heavy (non-hydrogen) atoms. The number of nitrogens with one attached hydrogen (secondary N) is 3. The molecule has 0 aromatic rings. The van der Waals surface area contributed by atoms with Crippen molar-refractivity contribution in [2.45, 2.75) is 58.7 Å². The van der Waals surface area contributed by atoms with Gasteiger partial charge in [-0.15, -0.1) is 0 Å². The molecule has 2 rings (SSSR count). The highest BCUT2D eigenvalue weighted by molar-refractivity contribution is 5.86. The SMILES string of the molecule is CN=C(NCC(=O)NC(C)C)NC1C2CCCOC2C1(C)C. The monoisotopic (exact) mass is 310 g/mol. The van der Waals surface area contributed by atoms with Crippen LogP contribution in [-0.4, -0.2) is 50.3 Å². The lowest BCUT2D eigenvalue weighted by Gasteiger charge is -2.60. The molecule has 1 amide bonds. The van der Waals surface area contributed by atoms with Crippen LogP contribution in [0.2, 0.25) is 0 Å². The Hall–Kier alpha value is -1.30. The predicted molar refractivity (Wildman–Crippen MR) is 87.8 cm³/mol. The summed E-state index contributed by atoms with van der Waals surface area (Å²) in [4.78, 5) is 16.0. The van der Waals surface area contributed by atoms with E-state index in [1.807, 2.05) is 13.8 Å². The molecule has 1 aliphatic heterocycles. The first-order valence-electron chi connectivity index (χ1n) is 8.24. The van der Waals surface area contributed by atoms with Crippen LogP contribution in [0, 0.1) is 11.3 Å². The highest BCUT2D eigenvalue weighted by Gasteiger charge is 2.58. The second kappa shape index (κ2) is 6.86. The van der Waals surface area contributed by atoms with Crippen LogP contribution >= 0.6 is 0 Å². The Bertz CT molecular complexity index is 434. The number of hydrogen-bond acceptors (Lipinski definition) is 3. The van der Waals surface area contributed by atoms with Crippen molar-refractivity contribution < 1.29 is 9.53 Å². The molecule has 1 aliphatic carbocycles. The number of rotatable bonds is 4. The zero-order valence-electron chi connectivity index (χ0n) is 14.4. The molecule has 0 bridgehead atoms. The van der Waals surface area contributed by atoms with Crippen LogP contribution in [-0.2, 0) is 9.53 Å². The van der Waals surface area contributed by atoms with Crippen LogP contribution in [0.4, 0.5) is 0 Å². The number of fused-ring (bicyclic) bond motifs is 1. The number of nitrogens with zero attached hydrogens (tertiary/aromatic N) is 1. The molecule has 126 valence electrons. The van der Waals surface area contributed by atoms with Gasteiger partial charge >= 0.3 is 0 Å². The van der Waals surface area contributed by atoms with Crippen molar-refractivity contribution in [2.75, 3.05) is 20.2 Å². The summed E-state index contributed by atoms with van der Waals surface area (Å²) < 4.78 is 5.92. The lowest BCUT2D eigenvalue weighted by Crippen LogP contribution is -2.71. The van der Waals surface area contributed by atoms with Gasteiger partial charge in [-0.2, -0.15) is 0 Å². The maximum atomic E-state index is 11.7. The van der Waals surface area contributed by atoms with Gasteiger partial charge < -0.3 is 20.7 Å². The summed E-state index contributed by atoms with van der Waals surface area (Å²) in [6.45, 7) is 9.47. The lowest BCUT2D eigenvalue weighted by atomic mass is 9.55. The molecule has 0 aromatic heterocycles. The summed E-state index contributed by atoms with van der Waals surface area (Å²) in [5.74, 6) is 1.19. The van der Waals surface area contributed by atoms with Gasteiger partial charge in [-0.25, -0.2) is 0 Å². The zero-order valence-corrected chi connectivity index (χ0v) is 14.4. The second-order valence-electron chi connectivity index (χ2n) is 7.19. The number of carbonyl (C=O) groups excluding carboxylic acids is 1. The number of hydrogen-bond donors (Lipinski definition) is 3. The standard InChI is InChI=1S/C16H30N4O2/c1-10(2)19-12(21)9-18-15(17-5)20-13-11-7-6-8-22-14(11)16(13,3)4/h10-11,13-14H,6-9H2,1-5H3,(H,19,21)(H2,17,18,20). The number of aliphatic imine (C=N–C) groups is 1. The Morgan fingerprint density at radius 1 is 1.41 bits per heavy atom. The normalized spacial score (nSPS) is 30.3. The summed E-state index contributed by atoms with van der Waals surface area (Å²) in [5.41, 5.74) is 0.0862. The average Bonchev–Trinajstić information content (AvgIpc) is 2.46. The van der Waals surface area contributed by atoms with E-state index in [0.29, 0.717) is 24.0 Å². The number of carbonyl (C=O) groups is 1. The summed E-state index contributed by atoms with van der Waals surface area (Å²) in [6.07, 6.45) is 2.65. The smallest absolute Gasteiger partial charge is 0.239 e. The fraction of sp³-hybridized carbons (Fsp3) is 0.875. The van der Waals surface area contributed by atoms with Gasteiger partial charge in [0.1, 0.15) is 0 Å². The van der Waals surface area contributed by atoms with Gasteiger partial charge in [0.2, 0.25) is 5.91 Å². The third-order valence-electron chi connectivity index (χ3n) is 4.71. The van der Waals surface area contributed by atoms with E-state index in [4.69, 9.17) is 4.74 Å². The first-order chi connectivity index (χ1) is 10.4. The van der Waals surface area contributed by atoms with E-state index in [1.54, 1.807) is 7.05 Å². The molecule has 0 aromatic carbocycles. The van der Waals surface area contributed by atoms with Crippen molar-refractivity contribution in [3.63, 3.8) is 0 Å². The van der Waals surface area contributed by atoms with Crippen LogP contribution in [0.15, 0.2) is 4.99 Å². The Kier molecular flexibility index (Phi) is 5.32. The molecule has 6 nitrogen and oxygen atoms in total. The van der Waals surface area contributed by atoms with Crippen molar-refractivity contribution in [3.8, 4) is 0 Å². The number of amides is 1. The van der Waals surface area contributed by atoms with Gasteiger partial charge in [-0.3, -0.25) is 9.79 Å². The van der Waals surface area contributed by atoms with Crippen molar-refractivity contribution in [3.05, 3.63) is 0 Å². The largest absolute Gasteiger partial charge is 0.377 e. The Balaban J connectivity index is 1.86. The molecule has 3 unspecified atom stereocenters. The van der Waals surface area contributed by atoms with E-state index in [1.165, 1.54) is 6.42 Å². The molecule has 3 atom stereocenters. The third-order valence-corrected chi connectivity index (χ3v) is 4.71. The summed E-state index contributed by atoms with van der Waals surface area (Å²) in [5, 5.41) is 9.43. The van der Waals surface area contributed by atoms with Crippen LogP contribution in [0.1, 0.15) is 40.5 Å². The van der Waals surface area contributed by atoms with Crippen molar-refractivity contribution >= 4 is 11.9 Å². The highest BCUT2D eigenvalue weighted by atomic mass is 16.5. The molecule has 1 saturated heterocycles. The molecular formula is C16H30N4O2. The first-order valence-corrected chi connectivity index (χ1v) is 8.24. The van der Waals surface area contributed by atoms with E-state index in [-0.39, 0.29) is 23.9 Å². The molecule has 1 saturated carbocycles. The lowest BCUT2D eigenvalue weighted by molar-refractivity contribution is -0.188. The average molecular weight is 310 g/mol. The summed E-state index contributed by atoms with van der Waals surface area (Å²) in [6, 6.07) is 0.479. The quantitative estimate of drug-likeness (QED) is 0.532. The van der Waals surface area contributed by atoms with Gasteiger partial charge in [-0.1, -0.05) is 13.8 Å². The number of guanidine groups is 1. The first kappa shape index (κ1) is 17.1. The van der Waals surface area contributed by atoms with Gasteiger partial charge in [-0.05, 0) is 26.7 Å². The fourth-order valence-corrected chi connectivity index (χ4v) is 3.69. The van der Waals surface area contributed by atoms with Gasteiger partial charge in [0.05, 0.1) is 12.6 Å². The molecule has 6 heteroatoms. The molecule has 0 spiro atoms. The van der Waals surface area contributed by atoms with E-state index in [2.05, 4.69) is 34.8 Å². The Morgan fingerprint density at radius 2 is 2.14 bits per heavy atom. The molecule has 1 heterocycles. The minimum atomic E-state index is -0.0234. The topological polar surface area (TPSA) is 74.8 Å². The Morgan fingerprint density at radius 3 is 2.77 bits per heavy atom. The van der Waals surface area contributed by atoms with E-state index >= 15 is 0 Å². The maximum Gasteiger partial charge on any atom is 0.239 e. The highest BCUT2D eigenvalue weighted by Crippen LogP contribution is 2.51.